The van der Waals surface area contributed by atoms with Crippen LogP contribution in [-0.2, 0) is 0 Å². The van der Waals surface area contributed by atoms with Gasteiger partial charge in [0, 0.05) is 40.7 Å². The number of hydrogen-bond donors (Lipinski definition) is 1. The Kier molecular flexibility index (Phi) is 5.72. The second kappa shape index (κ2) is 8.87. The molecule has 5 aromatic rings. The van der Waals surface area contributed by atoms with Gasteiger partial charge in [0.15, 0.2) is 17.5 Å². The summed E-state index contributed by atoms with van der Waals surface area (Å²) in [5.41, 5.74) is 3.00. The van der Waals surface area contributed by atoms with Gasteiger partial charge < -0.3 is 5.32 Å². The van der Waals surface area contributed by atoms with E-state index in [4.69, 9.17) is 0 Å². The summed E-state index contributed by atoms with van der Waals surface area (Å²) in [6.07, 6.45) is 3.30. The fourth-order valence-corrected chi connectivity index (χ4v) is 4.11. The van der Waals surface area contributed by atoms with Crippen LogP contribution in [0.1, 0.15) is 13.8 Å². The molecule has 0 aliphatic rings. The first-order chi connectivity index (χ1) is 16.8. The van der Waals surface area contributed by atoms with Gasteiger partial charge in [-0.1, -0.05) is 18.2 Å². The molecule has 0 spiro atoms. The Bertz CT molecular complexity index is 1540. The van der Waals surface area contributed by atoms with Gasteiger partial charge in [-0.05, 0) is 61.9 Å². The smallest absolute Gasteiger partial charge is 0.195 e. The maximum atomic E-state index is 15.0. The maximum absolute atomic E-state index is 15.0. The van der Waals surface area contributed by atoms with Crippen LogP contribution in [0.4, 0.5) is 23.4 Å². The van der Waals surface area contributed by atoms with Crippen LogP contribution >= 0.6 is 0 Å². The summed E-state index contributed by atoms with van der Waals surface area (Å²) in [6.45, 7) is 3.91. The highest BCUT2D eigenvalue weighted by Gasteiger charge is 2.26. The van der Waals surface area contributed by atoms with Gasteiger partial charge in [0.25, 0.3) is 0 Å². The van der Waals surface area contributed by atoms with E-state index >= 15 is 4.39 Å². The number of halogens is 4. The fraction of sp³-hybridized carbons (Fsp3) is 0.111. The third kappa shape index (κ3) is 4.01. The summed E-state index contributed by atoms with van der Waals surface area (Å²) in [5, 5.41) is 7.85. The monoisotopic (exact) mass is 476 g/mol. The minimum absolute atomic E-state index is 0.0329. The van der Waals surface area contributed by atoms with Crippen molar-refractivity contribution in [2.75, 3.05) is 5.32 Å². The van der Waals surface area contributed by atoms with Crippen molar-refractivity contribution in [3.05, 3.63) is 96.3 Å². The lowest BCUT2D eigenvalue weighted by Crippen LogP contribution is -2.12. The van der Waals surface area contributed by atoms with Crippen LogP contribution in [-0.4, -0.2) is 20.6 Å². The van der Waals surface area contributed by atoms with Gasteiger partial charge in [0.1, 0.15) is 17.3 Å². The van der Waals surface area contributed by atoms with E-state index in [1.807, 2.05) is 19.9 Å². The number of aromatic nitrogens is 3. The van der Waals surface area contributed by atoms with Crippen molar-refractivity contribution in [1.29, 1.82) is 0 Å². The molecule has 0 radical (unpaired) electrons. The van der Waals surface area contributed by atoms with Crippen LogP contribution < -0.4 is 5.32 Å². The minimum atomic E-state index is -1.57. The molecule has 5 rings (SSSR count). The minimum Gasteiger partial charge on any atom is -0.367 e. The fourth-order valence-electron chi connectivity index (χ4n) is 4.11. The molecule has 35 heavy (non-hydrogen) atoms. The van der Waals surface area contributed by atoms with Crippen molar-refractivity contribution in [2.45, 2.75) is 19.9 Å². The van der Waals surface area contributed by atoms with Gasteiger partial charge in [-0.3, -0.25) is 0 Å². The van der Waals surface area contributed by atoms with Gasteiger partial charge in [-0.2, -0.15) is 5.10 Å². The molecule has 1 N–H and O–H groups in total. The average Bonchev–Trinajstić information content (AvgIpc) is 3.22. The molecule has 3 aromatic heterocycles. The summed E-state index contributed by atoms with van der Waals surface area (Å²) in [7, 11) is 0. The van der Waals surface area contributed by atoms with E-state index < -0.39 is 17.5 Å². The molecule has 176 valence electrons. The molecular formula is C27H20F4N4. The number of nitrogens with one attached hydrogen (secondary N) is 1. The molecule has 0 atom stereocenters. The molecule has 8 heteroatoms. The number of rotatable bonds is 5. The van der Waals surface area contributed by atoms with Crippen molar-refractivity contribution >= 4 is 11.3 Å². The van der Waals surface area contributed by atoms with Gasteiger partial charge in [-0.25, -0.2) is 27.1 Å². The Morgan fingerprint density at radius 1 is 0.800 bits per heavy atom. The summed E-state index contributed by atoms with van der Waals surface area (Å²) >= 11 is 0. The second-order valence-electron chi connectivity index (χ2n) is 8.37. The van der Waals surface area contributed by atoms with Crippen molar-refractivity contribution in [1.82, 2.24) is 14.6 Å². The van der Waals surface area contributed by atoms with Crippen molar-refractivity contribution < 1.29 is 17.6 Å². The maximum Gasteiger partial charge on any atom is 0.195 e. The standard InChI is InChI=1S/C27H20F4N4/c1-15(2)33-27-19(5-3-13-32-27)22-25(20-11-12-21(29)24(31)23(20)30)34-35-14-4-6-18(26(22)35)16-7-9-17(28)10-8-16/h3-15H,1-2H3,(H,32,33). The number of anilines is 1. The van der Waals surface area contributed by atoms with Crippen LogP contribution in [0.2, 0.25) is 0 Å². The molecule has 0 unspecified atom stereocenters. The van der Waals surface area contributed by atoms with E-state index in [2.05, 4.69) is 15.4 Å². The zero-order valence-corrected chi connectivity index (χ0v) is 18.9. The number of hydrogen-bond acceptors (Lipinski definition) is 3. The number of benzene rings is 2. The predicted octanol–water partition coefficient (Wildman–Crippen LogP) is 7.11. The summed E-state index contributed by atoms with van der Waals surface area (Å²) < 4.78 is 58.2. The molecule has 0 saturated carbocycles. The molecule has 0 saturated heterocycles. The average molecular weight is 476 g/mol. The summed E-state index contributed by atoms with van der Waals surface area (Å²) in [6, 6.07) is 15.2. The lowest BCUT2D eigenvalue weighted by atomic mass is 9.95. The molecule has 0 amide bonds. The largest absolute Gasteiger partial charge is 0.367 e. The number of pyridine rings is 2. The van der Waals surface area contributed by atoms with Crippen LogP contribution in [0, 0.1) is 23.3 Å². The van der Waals surface area contributed by atoms with Gasteiger partial charge in [-0.15, -0.1) is 0 Å². The van der Waals surface area contributed by atoms with E-state index in [0.717, 1.165) is 6.07 Å². The van der Waals surface area contributed by atoms with E-state index in [0.29, 0.717) is 33.6 Å². The molecule has 4 nitrogen and oxygen atoms in total. The molecule has 3 heterocycles. The normalized spacial score (nSPS) is 11.4. The van der Waals surface area contributed by atoms with Crippen LogP contribution in [0.3, 0.4) is 0 Å². The first kappa shape index (κ1) is 22.6. The van der Waals surface area contributed by atoms with Crippen LogP contribution in [0.25, 0.3) is 39.0 Å². The van der Waals surface area contributed by atoms with Crippen molar-refractivity contribution in [2.24, 2.45) is 0 Å². The van der Waals surface area contributed by atoms with Gasteiger partial charge in [0.2, 0.25) is 0 Å². The lowest BCUT2D eigenvalue weighted by Gasteiger charge is -2.15. The molecule has 2 aromatic carbocycles. The van der Waals surface area contributed by atoms with Crippen LogP contribution in [0.5, 0.6) is 0 Å². The highest BCUT2D eigenvalue weighted by molar-refractivity contribution is 6.02. The zero-order chi connectivity index (χ0) is 24.7. The lowest BCUT2D eigenvalue weighted by molar-refractivity contribution is 0.449. The molecule has 0 aliphatic carbocycles. The Labute approximate surface area is 198 Å². The second-order valence-corrected chi connectivity index (χ2v) is 8.37. The Hall–Kier alpha value is -4.20. The highest BCUT2D eigenvalue weighted by Crippen LogP contribution is 2.42. The van der Waals surface area contributed by atoms with Crippen molar-refractivity contribution in [3.8, 4) is 33.5 Å². The number of nitrogens with zero attached hydrogens (tertiary/aromatic N) is 3. The molecule has 0 bridgehead atoms. The highest BCUT2D eigenvalue weighted by atomic mass is 19.2. The topological polar surface area (TPSA) is 42.2 Å². The number of fused-ring (bicyclic) bond motifs is 1. The summed E-state index contributed by atoms with van der Waals surface area (Å²) in [5.74, 6) is -4.05. The van der Waals surface area contributed by atoms with Gasteiger partial charge >= 0.3 is 0 Å². The summed E-state index contributed by atoms with van der Waals surface area (Å²) in [4.78, 5) is 4.46. The molecular weight excluding hydrogens is 456 g/mol. The van der Waals surface area contributed by atoms with E-state index in [-0.39, 0.29) is 23.1 Å². The molecule has 0 aliphatic heterocycles. The van der Waals surface area contributed by atoms with E-state index in [1.165, 1.54) is 18.2 Å². The third-order valence-electron chi connectivity index (χ3n) is 5.60. The Morgan fingerprint density at radius 2 is 1.54 bits per heavy atom. The molecule has 0 fully saturated rings. The van der Waals surface area contributed by atoms with Crippen molar-refractivity contribution in [3.63, 3.8) is 0 Å². The van der Waals surface area contributed by atoms with E-state index in [9.17, 15) is 13.2 Å². The van der Waals surface area contributed by atoms with Gasteiger partial charge in [0.05, 0.1) is 5.52 Å². The predicted molar refractivity (Wildman–Crippen MR) is 128 cm³/mol. The Balaban J connectivity index is 1.90. The van der Waals surface area contributed by atoms with E-state index in [1.54, 1.807) is 47.2 Å². The first-order valence-electron chi connectivity index (χ1n) is 11.0. The SMILES string of the molecule is CC(C)Nc1ncccc1-c1c(-c2ccc(F)c(F)c2F)nn2cccc(-c3ccc(F)cc3)c12. The first-order valence-corrected chi connectivity index (χ1v) is 11.0. The Morgan fingerprint density at radius 3 is 2.29 bits per heavy atom. The third-order valence-corrected chi connectivity index (χ3v) is 5.60. The van der Waals surface area contributed by atoms with Crippen LogP contribution in [0.15, 0.2) is 73.1 Å². The zero-order valence-electron chi connectivity index (χ0n) is 18.9. The quantitative estimate of drug-likeness (QED) is 0.217.